The second-order valence-corrected chi connectivity index (χ2v) is 5.60. The number of benzene rings is 1. The third-order valence-corrected chi connectivity index (χ3v) is 3.75. The Morgan fingerprint density at radius 2 is 2.33 bits per heavy atom. The molecule has 0 saturated carbocycles. The van der Waals surface area contributed by atoms with Crippen LogP contribution in [0, 0.1) is 0 Å². The molecular weight excluding hydrogens is 316 g/mol. The van der Waals surface area contributed by atoms with E-state index in [0.717, 1.165) is 15.8 Å². The number of anilines is 1. The van der Waals surface area contributed by atoms with Crippen molar-refractivity contribution in [1.82, 2.24) is 5.32 Å². The Labute approximate surface area is 120 Å². The number of amides is 1. The maximum absolute atomic E-state index is 11.6. The molecule has 1 aromatic carbocycles. The second kappa shape index (κ2) is 8.39. The predicted molar refractivity (Wildman–Crippen MR) is 78.8 cm³/mol. The quantitative estimate of drug-likeness (QED) is 0.456. The lowest BCUT2D eigenvalue weighted by Gasteiger charge is -2.07. The minimum atomic E-state index is 0.00970. The minimum Gasteiger partial charge on any atom is -0.398 e. The van der Waals surface area contributed by atoms with E-state index in [1.807, 2.05) is 18.2 Å². The molecule has 1 rings (SSSR count). The molecule has 1 aromatic rings. The lowest BCUT2D eigenvalue weighted by molar-refractivity contribution is -0.118. The number of hydrogen-bond acceptors (Lipinski definition) is 4. The van der Waals surface area contributed by atoms with E-state index in [1.165, 1.54) is 11.8 Å². The van der Waals surface area contributed by atoms with Crippen molar-refractivity contribution in [2.75, 3.05) is 31.7 Å². The summed E-state index contributed by atoms with van der Waals surface area (Å²) in [6.07, 6.45) is 0.825. The van der Waals surface area contributed by atoms with Crippen LogP contribution in [0.5, 0.6) is 0 Å². The van der Waals surface area contributed by atoms with E-state index in [2.05, 4.69) is 21.2 Å². The highest BCUT2D eigenvalue weighted by molar-refractivity contribution is 9.10. The first-order valence-corrected chi connectivity index (χ1v) is 7.35. The predicted octanol–water partition coefficient (Wildman–Crippen LogP) is 2.28. The molecule has 0 radical (unpaired) electrons. The van der Waals surface area contributed by atoms with Crippen LogP contribution in [0.25, 0.3) is 0 Å². The zero-order chi connectivity index (χ0) is 13.4. The number of nitrogens with one attached hydrogen (secondary N) is 1. The number of thioether (sulfide) groups is 1. The maximum Gasteiger partial charge on any atom is 0.230 e. The van der Waals surface area contributed by atoms with Gasteiger partial charge >= 0.3 is 0 Å². The average Bonchev–Trinajstić information content (AvgIpc) is 2.36. The number of carbonyl (C=O) groups is 1. The van der Waals surface area contributed by atoms with E-state index in [-0.39, 0.29) is 5.91 Å². The molecule has 18 heavy (non-hydrogen) atoms. The molecule has 0 fully saturated rings. The van der Waals surface area contributed by atoms with E-state index < -0.39 is 0 Å². The van der Waals surface area contributed by atoms with Gasteiger partial charge < -0.3 is 15.8 Å². The number of hydrogen-bond donors (Lipinski definition) is 2. The number of rotatable bonds is 7. The van der Waals surface area contributed by atoms with E-state index in [4.69, 9.17) is 10.5 Å². The molecule has 0 bridgehead atoms. The van der Waals surface area contributed by atoms with Gasteiger partial charge in [-0.05, 0) is 24.6 Å². The third-order valence-electron chi connectivity index (χ3n) is 2.18. The molecule has 0 heterocycles. The van der Waals surface area contributed by atoms with Crippen LogP contribution in [-0.4, -0.2) is 31.9 Å². The average molecular weight is 333 g/mol. The summed E-state index contributed by atoms with van der Waals surface area (Å²) in [5.74, 6) is 0.378. The zero-order valence-corrected chi connectivity index (χ0v) is 12.6. The summed E-state index contributed by atoms with van der Waals surface area (Å²) < 4.78 is 5.86. The van der Waals surface area contributed by atoms with Gasteiger partial charge in [0, 0.05) is 35.3 Å². The smallest absolute Gasteiger partial charge is 0.230 e. The standard InChI is InChI=1S/C12H17BrN2O2S/c1-17-6-2-5-15-12(16)8-18-11-7-9(13)3-4-10(11)14/h3-4,7H,2,5-6,8,14H2,1H3,(H,15,16). The summed E-state index contributed by atoms with van der Waals surface area (Å²) in [7, 11) is 1.65. The summed E-state index contributed by atoms with van der Waals surface area (Å²) in [4.78, 5) is 12.5. The van der Waals surface area contributed by atoms with Crippen LogP contribution in [0.2, 0.25) is 0 Å². The van der Waals surface area contributed by atoms with Crippen molar-refractivity contribution >= 4 is 39.3 Å². The molecule has 100 valence electrons. The molecule has 0 unspecified atom stereocenters. The third kappa shape index (κ3) is 5.75. The van der Waals surface area contributed by atoms with Crippen LogP contribution < -0.4 is 11.1 Å². The second-order valence-electron chi connectivity index (χ2n) is 3.67. The van der Waals surface area contributed by atoms with Gasteiger partial charge in [0.1, 0.15) is 0 Å². The molecule has 1 amide bonds. The fraction of sp³-hybridized carbons (Fsp3) is 0.417. The molecule has 0 saturated heterocycles. The van der Waals surface area contributed by atoms with Gasteiger partial charge in [-0.25, -0.2) is 0 Å². The van der Waals surface area contributed by atoms with Gasteiger partial charge in [-0.3, -0.25) is 4.79 Å². The van der Waals surface area contributed by atoms with Crippen molar-refractivity contribution in [2.24, 2.45) is 0 Å². The summed E-state index contributed by atoms with van der Waals surface area (Å²) in [5.41, 5.74) is 6.52. The lowest BCUT2D eigenvalue weighted by Crippen LogP contribution is -2.26. The number of nitrogens with two attached hydrogens (primary N) is 1. The van der Waals surface area contributed by atoms with Crippen molar-refractivity contribution < 1.29 is 9.53 Å². The van der Waals surface area contributed by atoms with Gasteiger partial charge in [-0.15, -0.1) is 11.8 Å². The lowest BCUT2D eigenvalue weighted by atomic mass is 10.3. The molecule has 6 heteroatoms. The van der Waals surface area contributed by atoms with E-state index in [1.54, 1.807) is 7.11 Å². The molecule has 3 N–H and O–H groups in total. The van der Waals surface area contributed by atoms with E-state index in [9.17, 15) is 4.79 Å². The first-order valence-electron chi connectivity index (χ1n) is 5.57. The summed E-state index contributed by atoms with van der Waals surface area (Å²) in [5, 5.41) is 2.83. The summed E-state index contributed by atoms with van der Waals surface area (Å²) in [6.45, 7) is 1.30. The normalized spacial score (nSPS) is 10.3. The number of methoxy groups -OCH3 is 1. The van der Waals surface area contributed by atoms with Gasteiger partial charge in [0.15, 0.2) is 0 Å². The van der Waals surface area contributed by atoms with Crippen LogP contribution in [0.3, 0.4) is 0 Å². The minimum absolute atomic E-state index is 0.00970. The highest BCUT2D eigenvalue weighted by Crippen LogP contribution is 2.27. The summed E-state index contributed by atoms with van der Waals surface area (Å²) >= 11 is 4.81. The molecule has 0 spiro atoms. The van der Waals surface area contributed by atoms with Gasteiger partial charge in [-0.1, -0.05) is 15.9 Å². The van der Waals surface area contributed by atoms with Crippen molar-refractivity contribution in [3.8, 4) is 0 Å². The molecule has 0 aromatic heterocycles. The van der Waals surface area contributed by atoms with Crippen LogP contribution >= 0.6 is 27.7 Å². The Bertz CT molecular complexity index is 402. The van der Waals surface area contributed by atoms with Crippen molar-refractivity contribution in [3.05, 3.63) is 22.7 Å². The topological polar surface area (TPSA) is 64.3 Å². The van der Waals surface area contributed by atoms with E-state index in [0.29, 0.717) is 24.6 Å². The number of carbonyl (C=O) groups excluding carboxylic acids is 1. The molecule has 0 aliphatic heterocycles. The van der Waals surface area contributed by atoms with Crippen molar-refractivity contribution in [2.45, 2.75) is 11.3 Å². The Morgan fingerprint density at radius 1 is 1.56 bits per heavy atom. The highest BCUT2D eigenvalue weighted by Gasteiger charge is 2.05. The monoisotopic (exact) mass is 332 g/mol. The van der Waals surface area contributed by atoms with Gasteiger partial charge in [0.05, 0.1) is 5.75 Å². The SMILES string of the molecule is COCCCNC(=O)CSc1cc(Br)ccc1N. The van der Waals surface area contributed by atoms with Crippen LogP contribution in [0.1, 0.15) is 6.42 Å². The fourth-order valence-corrected chi connectivity index (χ4v) is 2.62. The number of ether oxygens (including phenoxy) is 1. The highest BCUT2D eigenvalue weighted by atomic mass is 79.9. The van der Waals surface area contributed by atoms with Gasteiger partial charge in [0.2, 0.25) is 5.91 Å². The number of halogens is 1. The van der Waals surface area contributed by atoms with Crippen LogP contribution in [0.15, 0.2) is 27.6 Å². The van der Waals surface area contributed by atoms with Crippen LogP contribution in [-0.2, 0) is 9.53 Å². The number of nitrogen functional groups attached to an aromatic ring is 1. The molecule has 0 atom stereocenters. The first kappa shape index (κ1) is 15.3. The Hall–Kier alpha value is -0.720. The molecule has 4 nitrogen and oxygen atoms in total. The van der Waals surface area contributed by atoms with Gasteiger partial charge in [-0.2, -0.15) is 0 Å². The van der Waals surface area contributed by atoms with E-state index >= 15 is 0 Å². The molecule has 0 aliphatic carbocycles. The Morgan fingerprint density at radius 3 is 3.06 bits per heavy atom. The Balaban J connectivity index is 2.31. The first-order chi connectivity index (χ1) is 8.63. The largest absolute Gasteiger partial charge is 0.398 e. The molecule has 0 aliphatic rings. The van der Waals surface area contributed by atoms with Crippen LogP contribution in [0.4, 0.5) is 5.69 Å². The van der Waals surface area contributed by atoms with Gasteiger partial charge in [0.25, 0.3) is 0 Å². The maximum atomic E-state index is 11.6. The fourth-order valence-electron chi connectivity index (χ4n) is 1.27. The van der Waals surface area contributed by atoms with Crippen molar-refractivity contribution in [3.63, 3.8) is 0 Å². The summed E-state index contributed by atoms with van der Waals surface area (Å²) in [6, 6.07) is 5.62. The van der Waals surface area contributed by atoms with Crippen molar-refractivity contribution in [1.29, 1.82) is 0 Å². The Kier molecular flexibility index (Phi) is 7.15. The zero-order valence-electron chi connectivity index (χ0n) is 10.2. The molecular formula is C12H17BrN2O2S.